The molecule has 0 bridgehead atoms. The second kappa shape index (κ2) is 26.0. The Balaban J connectivity index is 1.40. The van der Waals surface area contributed by atoms with E-state index in [0.717, 1.165) is 21.3 Å². The lowest BCUT2D eigenvalue weighted by atomic mass is 9.81. The van der Waals surface area contributed by atoms with Crippen LogP contribution in [0.3, 0.4) is 0 Å². The summed E-state index contributed by atoms with van der Waals surface area (Å²) >= 11 is 0. The highest BCUT2D eigenvalue weighted by atomic mass is 32.2. The van der Waals surface area contributed by atoms with Crippen molar-refractivity contribution in [2.75, 3.05) is 33.4 Å². The number of urea groups is 1. The number of carbonyl (C=O) groups excluding carboxylic acids is 4. The van der Waals surface area contributed by atoms with Gasteiger partial charge in [-0.05, 0) is 108 Å². The molecule has 5 amide bonds. The molecule has 6 rings (SSSR count). The molecule has 2 aromatic carbocycles. The molecule has 3 heterocycles. The number of nitrogens with one attached hydrogen (secondary N) is 2. The minimum absolute atomic E-state index is 0.0224. The lowest BCUT2D eigenvalue weighted by molar-refractivity contribution is -0.387. The van der Waals surface area contributed by atoms with Crippen LogP contribution in [0.15, 0.2) is 59.5 Å². The van der Waals surface area contributed by atoms with E-state index in [0.29, 0.717) is 10.6 Å². The Kier molecular flexibility index (Phi) is 20.8. The van der Waals surface area contributed by atoms with E-state index in [4.69, 9.17) is 53.2 Å². The molecule has 1 saturated carbocycles. The smallest absolute Gasteiger partial charge is 0.436 e. The van der Waals surface area contributed by atoms with Crippen molar-refractivity contribution in [2.45, 2.75) is 215 Å². The van der Waals surface area contributed by atoms with Crippen LogP contribution in [0.1, 0.15) is 114 Å². The van der Waals surface area contributed by atoms with Crippen LogP contribution >= 0.6 is 0 Å². The molecule has 0 radical (unpaired) electrons. The highest BCUT2D eigenvalue weighted by Gasteiger charge is 2.59. The van der Waals surface area contributed by atoms with E-state index < -0.39 is 171 Å². The Morgan fingerprint density at radius 2 is 1.48 bits per heavy atom. The van der Waals surface area contributed by atoms with Crippen LogP contribution in [-0.4, -0.2) is 196 Å². The quantitative estimate of drug-likeness (QED) is 0.0518. The molecule has 2 unspecified atom stereocenters. The standard InChI is InChI=1S/C54H83N7O21S/c1-49(2,3)79-38-26-54(57-45(55)64,60(48(67)73-29-32-19-15-14-16-20-32)82-44-40(63)42(53(12,68)31-74-44)58(13)47(66)81-51(7,8)9)25-37(62)41(38)77-43-35(56-46(65)80-50(4,5)6)24-23-33(76-43)27-59(28-34-30-75-52(10,11)78-34)83(71,72)39-22-18-17-21-36(39)61(69)70/h14-22,33-35,37-38,40-44,62-63,68H,23-31H2,1-13H3,(H,56,65)(H3,55,57,64)/t33-,34?,35+,37-,38-,40+,41+,42+,43+,44+,53-,54?/m0/s1. The molecule has 4 fully saturated rings. The number of rotatable bonds is 18. The number of hydroxylamine groups is 2. The summed E-state index contributed by atoms with van der Waals surface area (Å²) in [5.74, 6) is -1.08. The van der Waals surface area contributed by atoms with Gasteiger partial charge in [-0.3, -0.25) is 10.1 Å². The van der Waals surface area contributed by atoms with E-state index >= 15 is 0 Å². The first kappa shape index (κ1) is 66.6. The number of carbonyl (C=O) groups is 4. The van der Waals surface area contributed by atoms with Crippen molar-refractivity contribution in [3.63, 3.8) is 0 Å². The summed E-state index contributed by atoms with van der Waals surface area (Å²) in [6, 6.07) is 9.49. The number of nitro groups is 1. The minimum Gasteiger partial charge on any atom is -0.444 e. The third-order valence-electron chi connectivity index (χ3n) is 13.5. The predicted molar refractivity (Wildman–Crippen MR) is 292 cm³/mol. The molecule has 83 heavy (non-hydrogen) atoms. The SMILES string of the molecule is CN(C(=O)OC(C)(C)C)[C@@H]1[C@@H](O)[C@@H](ON(C(=O)OCc2ccccc2)C2(NC(N)=O)C[C@H](OC(C)(C)C)[C@H](O[C@H]3O[C@H](CN(CC4COC(C)(C)O4)S(=O)(=O)c4ccccc4[N+](=O)[O-])CC[C@H]3NC(=O)OC(C)(C)C)[C@@H](O)C2)OC[C@]1(C)O. The van der Waals surface area contributed by atoms with Gasteiger partial charge < -0.3 is 79.2 Å². The summed E-state index contributed by atoms with van der Waals surface area (Å²) in [5.41, 5.74) is -1.61. The van der Waals surface area contributed by atoms with Crippen LogP contribution in [0.5, 0.6) is 0 Å². The third-order valence-corrected chi connectivity index (χ3v) is 15.4. The Bertz CT molecular complexity index is 2700. The summed E-state index contributed by atoms with van der Waals surface area (Å²) in [6.07, 6.45) is -16.4. The number of aliphatic hydroxyl groups excluding tert-OH is 2. The van der Waals surface area contributed by atoms with Gasteiger partial charge in [0.2, 0.25) is 16.3 Å². The number of nitrogens with zero attached hydrogens (tertiary/aromatic N) is 4. The van der Waals surface area contributed by atoms with E-state index in [2.05, 4.69) is 10.6 Å². The average molecular weight is 1200 g/mol. The molecule has 0 spiro atoms. The van der Waals surface area contributed by atoms with Gasteiger partial charge >= 0.3 is 24.3 Å². The summed E-state index contributed by atoms with van der Waals surface area (Å²) in [6.45, 7) is 17.6. The van der Waals surface area contributed by atoms with E-state index in [1.165, 1.54) is 26.1 Å². The zero-order valence-corrected chi connectivity index (χ0v) is 50.1. The first-order valence-electron chi connectivity index (χ1n) is 27.2. The summed E-state index contributed by atoms with van der Waals surface area (Å²) in [5, 5.41) is 54.3. The van der Waals surface area contributed by atoms with Crippen molar-refractivity contribution in [2.24, 2.45) is 5.73 Å². The fourth-order valence-corrected chi connectivity index (χ4v) is 11.9. The maximum absolute atomic E-state index is 14.8. The fraction of sp³-hybridized carbons (Fsp3) is 0.704. The number of ether oxygens (including phenoxy) is 9. The highest BCUT2D eigenvalue weighted by molar-refractivity contribution is 7.89. The van der Waals surface area contributed by atoms with Gasteiger partial charge in [-0.1, -0.05) is 42.5 Å². The number of sulfonamides is 1. The van der Waals surface area contributed by atoms with E-state index in [-0.39, 0.29) is 32.6 Å². The van der Waals surface area contributed by atoms with Crippen LogP contribution in [0.25, 0.3) is 0 Å². The number of primary amides is 1. The second-order valence-electron chi connectivity index (χ2n) is 24.8. The number of nitrogens with two attached hydrogens (primary N) is 1. The van der Waals surface area contributed by atoms with Crippen molar-refractivity contribution in [1.29, 1.82) is 0 Å². The van der Waals surface area contributed by atoms with Crippen molar-refractivity contribution < 1.29 is 95.3 Å². The fourth-order valence-electron chi connectivity index (χ4n) is 10.3. The largest absolute Gasteiger partial charge is 0.444 e. The van der Waals surface area contributed by atoms with Gasteiger partial charge in [-0.2, -0.15) is 9.37 Å². The van der Waals surface area contributed by atoms with Gasteiger partial charge in [0.25, 0.3) is 5.69 Å². The number of benzene rings is 2. The molecule has 7 N–H and O–H groups in total. The van der Waals surface area contributed by atoms with Crippen molar-refractivity contribution in [3.8, 4) is 0 Å². The Labute approximate surface area is 483 Å². The minimum atomic E-state index is -4.71. The number of aliphatic hydroxyl groups is 3. The molecule has 1 aliphatic carbocycles. The van der Waals surface area contributed by atoms with Gasteiger partial charge in [0.1, 0.15) is 35.6 Å². The van der Waals surface area contributed by atoms with Gasteiger partial charge in [0, 0.05) is 39.0 Å². The summed E-state index contributed by atoms with van der Waals surface area (Å²) < 4.78 is 84.8. The van der Waals surface area contributed by atoms with Crippen molar-refractivity contribution in [3.05, 3.63) is 70.3 Å². The van der Waals surface area contributed by atoms with E-state index in [1.807, 2.05) is 0 Å². The molecule has 466 valence electrons. The predicted octanol–water partition coefficient (Wildman–Crippen LogP) is 4.50. The third kappa shape index (κ3) is 17.8. The molecule has 2 aromatic rings. The summed E-state index contributed by atoms with van der Waals surface area (Å²) in [7, 11) is -3.43. The normalized spacial score (nSPS) is 29.5. The zero-order chi connectivity index (χ0) is 61.8. The highest BCUT2D eigenvalue weighted by Crippen LogP contribution is 2.41. The van der Waals surface area contributed by atoms with E-state index in [1.54, 1.807) is 106 Å². The van der Waals surface area contributed by atoms with Gasteiger partial charge in [0.15, 0.2) is 22.6 Å². The number of amides is 5. The first-order chi connectivity index (χ1) is 38.3. The lowest BCUT2D eigenvalue weighted by Crippen LogP contribution is -2.73. The van der Waals surface area contributed by atoms with Crippen LogP contribution in [0.4, 0.5) is 24.9 Å². The summed E-state index contributed by atoms with van der Waals surface area (Å²) in [4.78, 5) is 73.2. The molecular formula is C54H83N7O21S. The topological polar surface area (TPSA) is 358 Å². The van der Waals surface area contributed by atoms with Crippen LogP contribution in [0.2, 0.25) is 0 Å². The van der Waals surface area contributed by atoms with Gasteiger partial charge in [-0.25, -0.2) is 32.4 Å². The lowest BCUT2D eigenvalue weighted by Gasteiger charge is -2.53. The number of hydrogen-bond acceptors (Lipinski definition) is 21. The van der Waals surface area contributed by atoms with Crippen LogP contribution < -0.4 is 16.4 Å². The van der Waals surface area contributed by atoms with Gasteiger partial charge in [-0.15, -0.1) is 0 Å². The first-order valence-corrected chi connectivity index (χ1v) is 28.7. The van der Waals surface area contributed by atoms with Gasteiger partial charge in [0.05, 0.1) is 60.2 Å². The van der Waals surface area contributed by atoms with Crippen LogP contribution in [-0.2, 0) is 64.1 Å². The van der Waals surface area contributed by atoms with E-state index in [9.17, 15) is 53.0 Å². The second-order valence-corrected chi connectivity index (χ2v) is 26.7. The molecule has 28 nitrogen and oxygen atoms in total. The van der Waals surface area contributed by atoms with Crippen LogP contribution in [0, 0.1) is 10.1 Å². The average Bonchev–Trinajstić information content (AvgIpc) is 1.81. The van der Waals surface area contributed by atoms with Crippen molar-refractivity contribution >= 4 is 40.0 Å². The number of para-hydroxylation sites is 1. The Hall–Kier alpha value is -5.57. The maximum atomic E-state index is 14.8. The zero-order valence-electron chi connectivity index (χ0n) is 49.3. The molecular weight excluding hydrogens is 1110 g/mol. The molecule has 12 atom stereocenters. The molecule has 0 aromatic heterocycles. The number of hydrogen-bond donors (Lipinski definition) is 6. The molecule has 4 aliphatic rings. The number of alkyl carbamates (subject to hydrolysis) is 1. The number of nitro benzene ring substituents is 1. The Morgan fingerprint density at radius 3 is 2.07 bits per heavy atom. The molecule has 3 aliphatic heterocycles. The monoisotopic (exact) mass is 1200 g/mol. The Morgan fingerprint density at radius 1 is 0.855 bits per heavy atom. The van der Waals surface area contributed by atoms with Crippen molar-refractivity contribution in [1.82, 2.24) is 24.9 Å². The molecule has 29 heteroatoms. The molecule has 3 saturated heterocycles. The number of likely N-dealkylation sites (N-methyl/N-ethyl adjacent to an activating group) is 1. The maximum Gasteiger partial charge on any atom is 0.436 e.